The van der Waals surface area contributed by atoms with E-state index < -0.39 is 0 Å². The molecule has 0 spiro atoms. The van der Waals surface area contributed by atoms with Crippen LogP contribution < -0.4 is 5.32 Å². The Morgan fingerprint density at radius 3 is 2.47 bits per heavy atom. The number of likely N-dealkylation sites (N-methyl/N-ethyl adjacent to an activating group) is 1. The van der Waals surface area contributed by atoms with Gasteiger partial charge >= 0.3 is 0 Å². The van der Waals surface area contributed by atoms with Crippen LogP contribution in [0.1, 0.15) is 65.7 Å². The van der Waals surface area contributed by atoms with Gasteiger partial charge in [0.05, 0.1) is 6.10 Å². The molecular formula is C17H33NO. The number of hydrogen-bond acceptors (Lipinski definition) is 2. The summed E-state index contributed by atoms with van der Waals surface area (Å²) in [5.41, 5.74) is 0. The summed E-state index contributed by atoms with van der Waals surface area (Å²) >= 11 is 0. The lowest BCUT2D eigenvalue weighted by molar-refractivity contribution is -0.0543. The highest BCUT2D eigenvalue weighted by molar-refractivity contribution is 4.88. The van der Waals surface area contributed by atoms with E-state index in [-0.39, 0.29) is 0 Å². The first-order chi connectivity index (χ1) is 9.20. The molecule has 4 unspecified atom stereocenters. The van der Waals surface area contributed by atoms with Crippen molar-refractivity contribution >= 4 is 0 Å². The molecule has 0 aromatic rings. The van der Waals surface area contributed by atoms with Crippen molar-refractivity contribution in [2.45, 2.75) is 77.9 Å². The Bertz CT molecular complexity index is 250. The van der Waals surface area contributed by atoms with Gasteiger partial charge in [-0.2, -0.15) is 0 Å². The van der Waals surface area contributed by atoms with Gasteiger partial charge in [0.25, 0.3) is 0 Å². The summed E-state index contributed by atoms with van der Waals surface area (Å²) in [6.07, 6.45) is 10.1. The van der Waals surface area contributed by atoms with E-state index in [0.717, 1.165) is 25.0 Å². The molecule has 4 atom stereocenters. The van der Waals surface area contributed by atoms with Crippen LogP contribution >= 0.6 is 0 Å². The lowest BCUT2D eigenvalue weighted by Crippen LogP contribution is -2.49. The Hall–Kier alpha value is -0.0800. The molecule has 0 bridgehead atoms. The molecular weight excluding hydrogens is 234 g/mol. The van der Waals surface area contributed by atoms with Crippen molar-refractivity contribution in [3.63, 3.8) is 0 Å². The van der Waals surface area contributed by atoms with E-state index in [4.69, 9.17) is 4.74 Å². The molecule has 2 aliphatic carbocycles. The van der Waals surface area contributed by atoms with E-state index in [1.165, 1.54) is 44.9 Å². The van der Waals surface area contributed by atoms with Gasteiger partial charge in [-0.25, -0.2) is 0 Å². The second-order valence-corrected chi connectivity index (χ2v) is 7.02. The number of ether oxygens (including phenoxy) is 1. The zero-order chi connectivity index (χ0) is 13.7. The van der Waals surface area contributed by atoms with E-state index in [0.29, 0.717) is 18.1 Å². The van der Waals surface area contributed by atoms with Crippen LogP contribution in [-0.4, -0.2) is 25.3 Å². The van der Waals surface area contributed by atoms with E-state index in [2.05, 4.69) is 26.1 Å². The summed E-state index contributed by atoms with van der Waals surface area (Å²) in [4.78, 5) is 0. The average molecular weight is 267 g/mol. The Labute approximate surface area is 119 Å². The Morgan fingerprint density at radius 2 is 1.79 bits per heavy atom. The fourth-order valence-corrected chi connectivity index (χ4v) is 4.17. The zero-order valence-electron chi connectivity index (χ0n) is 13.2. The largest absolute Gasteiger partial charge is 0.376 e. The van der Waals surface area contributed by atoms with Gasteiger partial charge in [-0.1, -0.05) is 40.0 Å². The molecule has 1 N–H and O–H groups in total. The minimum absolute atomic E-state index is 0.443. The zero-order valence-corrected chi connectivity index (χ0v) is 13.2. The minimum atomic E-state index is 0.443. The summed E-state index contributed by atoms with van der Waals surface area (Å²) in [6, 6.07) is 0.576. The molecule has 0 heterocycles. The second-order valence-electron chi connectivity index (χ2n) is 7.02. The first kappa shape index (κ1) is 15.3. The molecule has 0 saturated heterocycles. The van der Waals surface area contributed by atoms with Gasteiger partial charge in [-0.05, 0) is 50.0 Å². The van der Waals surface area contributed by atoms with E-state index >= 15 is 0 Å². The van der Waals surface area contributed by atoms with Gasteiger partial charge in [-0.15, -0.1) is 0 Å². The van der Waals surface area contributed by atoms with Gasteiger partial charge in [-0.3, -0.25) is 0 Å². The highest BCUT2D eigenvalue weighted by atomic mass is 16.5. The summed E-state index contributed by atoms with van der Waals surface area (Å²) < 4.78 is 6.39. The standard InChI is InChI=1S/C17H33NO/c1-4-18-16-11-13(2)10-14(3)17(16)19-12-15-8-6-5-7-9-15/h13-18H,4-12H2,1-3H3. The average Bonchev–Trinajstić information content (AvgIpc) is 2.39. The van der Waals surface area contributed by atoms with Crippen LogP contribution in [0.15, 0.2) is 0 Å². The maximum atomic E-state index is 6.39. The van der Waals surface area contributed by atoms with Crippen molar-refractivity contribution in [3.05, 3.63) is 0 Å². The molecule has 2 heteroatoms. The highest BCUT2D eigenvalue weighted by Crippen LogP contribution is 2.32. The minimum Gasteiger partial charge on any atom is -0.376 e. The van der Waals surface area contributed by atoms with Crippen LogP contribution in [0.2, 0.25) is 0 Å². The molecule has 0 aliphatic heterocycles. The first-order valence-corrected chi connectivity index (χ1v) is 8.55. The van der Waals surface area contributed by atoms with Crippen molar-refractivity contribution in [1.29, 1.82) is 0 Å². The lowest BCUT2D eigenvalue weighted by Gasteiger charge is -2.40. The molecule has 2 fully saturated rings. The third-order valence-electron chi connectivity index (χ3n) is 5.10. The molecule has 2 rings (SSSR count). The summed E-state index contributed by atoms with van der Waals surface area (Å²) in [6.45, 7) is 9.05. The van der Waals surface area contributed by atoms with Crippen LogP contribution in [0.25, 0.3) is 0 Å². The van der Waals surface area contributed by atoms with E-state index in [9.17, 15) is 0 Å². The summed E-state index contributed by atoms with van der Waals surface area (Å²) in [7, 11) is 0. The lowest BCUT2D eigenvalue weighted by atomic mass is 9.78. The van der Waals surface area contributed by atoms with Gasteiger partial charge in [0.1, 0.15) is 0 Å². The normalized spacial score (nSPS) is 37.4. The highest BCUT2D eigenvalue weighted by Gasteiger charge is 2.34. The number of hydrogen-bond donors (Lipinski definition) is 1. The maximum absolute atomic E-state index is 6.39. The molecule has 2 nitrogen and oxygen atoms in total. The van der Waals surface area contributed by atoms with E-state index in [1.54, 1.807) is 0 Å². The fraction of sp³-hybridized carbons (Fsp3) is 1.00. The van der Waals surface area contributed by atoms with Gasteiger partial charge < -0.3 is 10.1 Å². The Balaban J connectivity index is 1.83. The third-order valence-corrected chi connectivity index (χ3v) is 5.10. The van der Waals surface area contributed by atoms with Crippen molar-refractivity contribution < 1.29 is 4.74 Å². The van der Waals surface area contributed by atoms with Crippen molar-refractivity contribution in [2.75, 3.05) is 13.2 Å². The Morgan fingerprint density at radius 1 is 1.05 bits per heavy atom. The molecule has 0 radical (unpaired) electrons. The molecule has 0 aromatic heterocycles. The smallest absolute Gasteiger partial charge is 0.0753 e. The SMILES string of the molecule is CCNC1CC(C)CC(C)C1OCC1CCCCC1. The van der Waals surface area contributed by atoms with Crippen molar-refractivity contribution in [1.82, 2.24) is 5.32 Å². The fourth-order valence-electron chi connectivity index (χ4n) is 4.17. The molecule has 2 aliphatic rings. The monoisotopic (exact) mass is 267 g/mol. The first-order valence-electron chi connectivity index (χ1n) is 8.55. The predicted molar refractivity (Wildman–Crippen MR) is 81.3 cm³/mol. The van der Waals surface area contributed by atoms with Crippen LogP contribution in [0, 0.1) is 17.8 Å². The van der Waals surface area contributed by atoms with Gasteiger partial charge in [0.15, 0.2) is 0 Å². The van der Waals surface area contributed by atoms with Gasteiger partial charge in [0, 0.05) is 12.6 Å². The van der Waals surface area contributed by atoms with Crippen LogP contribution in [0.4, 0.5) is 0 Å². The van der Waals surface area contributed by atoms with E-state index in [1.807, 2.05) is 0 Å². The van der Waals surface area contributed by atoms with Crippen molar-refractivity contribution in [3.8, 4) is 0 Å². The van der Waals surface area contributed by atoms with Gasteiger partial charge in [0.2, 0.25) is 0 Å². The summed E-state index contributed by atoms with van der Waals surface area (Å²) in [5.74, 6) is 2.38. The maximum Gasteiger partial charge on any atom is 0.0753 e. The van der Waals surface area contributed by atoms with Crippen LogP contribution in [0.5, 0.6) is 0 Å². The van der Waals surface area contributed by atoms with Crippen molar-refractivity contribution in [2.24, 2.45) is 17.8 Å². The second kappa shape index (κ2) is 7.64. The Kier molecular flexibility index (Phi) is 6.15. The molecule has 0 aromatic carbocycles. The third kappa shape index (κ3) is 4.46. The molecule has 19 heavy (non-hydrogen) atoms. The number of nitrogens with one attached hydrogen (secondary N) is 1. The summed E-state index contributed by atoms with van der Waals surface area (Å²) in [5, 5.41) is 3.66. The molecule has 2 saturated carbocycles. The van der Waals surface area contributed by atoms with Crippen LogP contribution in [0.3, 0.4) is 0 Å². The quantitative estimate of drug-likeness (QED) is 0.813. The predicted octanol–water partition coefficient (Wildman–Crippen LogP) is 4.00. The molecule has 0 amide bonds. The topological polar surface area (TPSA) is 21.3 Å². The van der Waals surface area contributed by atoms with Crippen LogP contribution in [-0.2, 0) is 4.74 Å². The molecule has 112 valence electrons. The number of rotatable bonds is 5.